The van der Waals surface area contributed by atoms with Crippen molar-refractivity contribution in [1.29, 1.82) is 5.26 Å². The highest BCUT2D eigenvalue weighted by atomic mass is 15.1. The van der Waals surface area contributed by atoms with Crippen LogP contribution in [0.1, 0.15) is 24.9 Å². The van der Waals surface area contributed by atoms with E-state index in [2.05, 4.69) is 35.4 Å². The molecule has 19 heavy (non-hydrogen) atoms. The first-order chi connectivity index (χ1) is 9.29. The number of nitrogens with zero attached hydrogens (tertiary/aromatic N) is 3. The molecule has 0 saturated heterocycles. The van der Waals surface area contributed by atoms with E-state index in [9.17, 15) is 0 Å². The van der Waals surface area contributed by atoms with Crippen molar-refractivity contribution in [3.63, 3.8) is 0 Å². The van der Waals surface area contributed by atoms with Crippen LogP contribution in [-0.4, -0.2) is 15.6 Å². The van der Waals surface area contributed by atoms with Crippen molar-refractivity contribution in [2.75, 3.05) is 0 Å². The Morgan fingerprint density at radius 2 is 2.16 bits per heavy atom. The molecule has 4 nitrogen and oxygen atoms in total. The molecule has 1 N–H and O–H groups in total. The zero-order valence-corrected chi connectivity index (χ0v) is 11.0. The van der Waals surface area contributed by atoms with Gasteiger partial charge in [-0.05, 0) is 12.5 Å². The van der Waals surface area contributed by atoms with Crippen LogP contribution in [0.5, 0.6) is 0 Å². The predicted molar refractivity (Wildman–Crippen MR) is 74.2 cm³/mol. The first-order valence-electron chi connectivity index (χ1n) is 6.43. The molecule has 1 aromatic carbocycles. The second-order valence-corrected chi connectivity index (χ2v) is 4.65. The van der Waals surface area contributed by atoms with E-state index in [1.807, 2.05) is 29.0 Å². The zero-order valence-electron chi connectivity index (χ0n) is 11.0. The summed E-state index contributed by atoms with van der Waals surface area (Å²) in [7, 11) is 0. The highest BCUT2D eigenvalue weighted by molar-refractivity contribution is 5.20. The van der Waals surface area contributed by atoms with Crippen LogP contribution in [0, 0.1) is 11.3 Å². The first-order valence-corrected chi connectivity index (χ1v) is 6.43. The standard InChI is InChI=1S/C15H18N4/c1-13(11-19-10-9-17-12-19)18-15(7-8-16)14-5-3-2-4-6-14/h2-6,9-10,12-13,15,18H,7,11H2,1H3. The number of rotatable bonds is 6. The van der Waals surface area contributed by atoms with Crippen LogP contribution >= 0.6 is 0 Å². The van der Waals surface area contributed by atoms with Gasteiger partial charge in [-0.1, -0.05) is 30.3 Å². The van der Waals surface area contributed by atoms with Crippen molar-refractivity contribution in [2.45, 2.75) is 32.0 Å². The largest absolute Gasteiger partial charge is 0.336 e. The molecule has 1 heterocycles. The van der Waals surface area contributed by atoms with Gasteiger partial charge in [-0.25, -0.2) is 4.98 Å². The van der Waals surface area contributed by atoms with E-state index < -0.39 is 0 Å². The third-order valence-electron chi connectivity index (χ3n) is 3.03. The molecule has 0 fully saturated rings. The van der Waals surface area contributed by atoms with Crippen molar-refractivity contribution in [1.82, 2.24) is 14.9 Å². The third kappa shape index (κ3) is 3.94. The predicted octanol–water partition coefficient (Wildman–Crippen LogP) is 2.52. The van der Waals surface area contributed by atoms with Crippen LogP contribution in [-0.2, 0) is 6.54 Å². The summed E-state index contributed by atoms with van der Waals surface area (Å²) >= 11 is 0. The van der Waals surface area contributed by atoms with Gasteiger partial charge in [0, 0.05) is 31.0 Å². The molecule has 2 unspecified atom stereocenters. The van der Waals surface area contributed by atoms with E-state index >= 15 is 0 Å². The van der Waals surface area contributed by atoms with E-state index in [1.54, 1.807) is 12.5 Å². The lowest BCUT2D eigenvalue weighted by Crippen LogP contribution is -2.33. The summed E-state index contributed by atoms with van der Waals surface area (Å²) < 4.78 is 2.03. The second-order valence-electron chi connectivity index (χ2n) is 4.65. The Bertz CT molecular complexity index is 513. The van der Waals surface area contributed by atoms with Gasteiger partial charge < -0.3 is 9.88 Å². The molecular formula is C15H18N4. The zero-order chi connectivity index (χ0) is 13.5. The van der Waals surface area contributed by atoms with E-state index in [4.69, 9.17) is 5.26 Å². The van der Waals surface area contributed by atoms with E-state index in [0.29, 0.717) is 6.42 Å². The summed E-state index contributed by atoms with van der Waals surface area (Å²) in [5, 5.41) is 12.5. The minimum absolute atomic E-state index is 0.0738. The van der Waals surface area contributed by atoms with Gasteiger partial charge in [0.15, 0.2) is 0 Å². The molecule has 0 aliphatic rings. The van der Waals surface area contributed by atoms with Gasteiger partial charge in [-0.15, -0.1) is 0 Å². The van der Waals surface area contributed by atoms with Crippen LogP contribution in [0.3, 0.4) is 0 Å². The molecule has 0 aliphatic carbocycles. The summed E-state index contributed by atoms with van der Waals surface area (Å²) in [6, 6.07) is 12.7. The Morgan fingerprint density at radius 3 is 2.79 bits per heavy atom. The number of benzene rings is 1. The summed E-state index contributed by atoms with van der Waals surface area (Å²) in [5.74, 6) is 0. The highest BCUT2D eigenvalue weighted by Crippen LogP contribution is 2.16. The molecule has 0 radical (unpaired) electrons. The quantitative estimate of drug-likeness (QED) is 0.861. The lowest BCUT2D eigenvalue weighted by molar-refractivity contribution is 0.417. The lowest BCUT2D eigenvalue weighted by atomic mass is 10.0. The average molecular weight is 254 g/mol. The van der Waals surface area contributed by atoms with Crippen molar-refractivity contribution in [2.24, 2.45) is 0 Å². The molecule has 1 aromatic heterocycles. The summed E-state index contributed by atoms with van der Waals surface area (Å²) in [6.07, 6.45) is 5.99. The minimum Gasteiger partial charge on any atom is -0.336 e. The number of hydrogen-bond acceptors (Lipinski definition) is 3. The van der Waals surface area contributed by atoms with Crippen LogP contribution in [0.15, 0.2) is 49.1 Å². The molecule has 2 rings (SSSR count). The average Bonchev–Trinajstić information content (AvgIpc) is 2.92. The molecule has 0 aliphatic heterocycles. The fourth-order valence-electron chi connectivity index (χ4n) is 2.16. The molecule has 2 atom stereocenters. The minimum atomic E-state index is 0.0738. The van der Waals surface area contributed by atoms with Crippen molar-refractivity contribution in [3.8, 4) is 6.07 Å². The van der Waals surface area contributed by atoms with Gasteiger partial charge in [0.2, 0.25) is 0 Å². The number of hydrogen-bond donors (Lipinski definition) is 1. The molecule has 0 saturated carbocycles. The topological polar surface area (TPSA) is 53.6 Å². The summed E-state index contributed by atoms with van der Waals surface area (Å²) in [5.41, 5.74) is 1.15. The van der Waals surface area contributed by atoms with Crippen molar-refractivity contribution in [3.05, 3.63) is 54.6 Å². The Morgan fingerprint density at radius 1 is 1.37 bits per heavy atom. The number of nitriles is 1. The molecule has 4 heteroatoms. The number of nitrogens with one attached hydrogen (secondary N) is 1. The lowest BCUT2D eigenvalue weighted by Gasteiger charge is -2.22. The molecule has 0 bridgehead atoms. The molecule has 2 aromatic rings. The first kappa shape index (κ1) is 13.3. The van der Waals surface area contributed by atoms with Gasteiger partial charge in [-0.3, -0.25) is 0 Å². The van der Waals surface area contributed by atoms with Gasteiger partial charge in [-0.2, -0.15) is 5.26 Å². The van der Waals surface area contributed by atoms with Crippen LogP contribution in [0.2, 0.25) is 0 Å². The number of aromatic nitrogens is 2. The molecule has 98 valence electrons. The SMILES string of the molecule is CC(Cn1ccnc1)NC(CC#N)c1ccccc1. The third-order valence-corrected chi connectivity index (χ3v) is 3.03. The van der Waals surface area contributed by atoms with E-state index in [0.717, 1.165) is 12.1 Å². The monoisotopic (exact) mass is 254 g/mol. The Kier molecular flexibility index (Phi) is 4.71. The van der Waals surface area contributed by atoms with E-state index in [1.165, 1.54) is 0 Å². The normalized spacial score (nSPS) is 13.7. The maximum absolute atomic E-state index is 8.96. The molecule has 0 spiro atoms. The maximum Gasteiger partial charge on any atom is 0.0946 e. The Balaban J connectivity index is 1.99. The van der Waals surface area contributed by atoms with Crippen molar-refractivity contribution < 1.29 is 0 Å². The fraction of sp³-hybridized carbons (Fsp3) is 0.333. The van der Waals surface area contributed by atoms with Crippen molar-refractivity contribution >= 4 is 0 Å². The fourth-order valence-corrected chi connectivity index (χ4v) is 2.16. The van der Waals surface area contributed by atoms with Crippen LogP contribution < -0.4 is 5.32 Å². The van der Waals surface area contributed by atoms with Crippen LogP contribution in [0.25, 0.3) is 0 Å². The molecular weight excluding hydrogens is 236 g/mol. The Hall–Kier alpha value is -2.12. The van der Waals surface area contributed by atoms with Gasteiger partial charge in [0.1, 0.15) is 0 Å². The van der Waals surface area contributed by atoms with Gasteiger partial charge in [0.25, 0.3) is 0 Å². The van der Waals surface area contributed by atoms with Gasteiger partial charge in [0.05, 0.1) is 18.8 Å². The summed E-state index contributed by atoms with van der Waals surface area (Å²) in [4.78, 5) is 4.03. The highest BCUT2D eigenvalue weighted by Gasteiger charge is 2.13. The smallest absolute Gasteiger partial charge is 0.0946 e. The number of imidazole rings is 1. The molecule has 0 amide bonds. The Labute approximate surface area is 113 Å². The van der Waals surface area contributed by atoms with Crippen LogP contribution in [0.4, 0.5) is 0 Å². The van der Waals surface area contributed by atoms with Gasteiger partial charge >= 0.3 is 0 Å². The second kappa shape index (κ2) is 6.72. The summed E-state index contributed by atoms with van der Waals surface area (Å²) in [6.45, 7) is 2.96. The maximum atomic E-state index is 8.96. The van der Waals surface area contributed by atoms with E-state index in [-0.39, 0.29) is 12.1 Å².